The van der Waals surface area contributed by atoms with Crippen LogP contribution in [0.4, 0.5) is 21.0 Å². The Hall–Kier alpha value is -5.23. The maximum Gasteiger partial charge on any atom is 0.322 e. The Balaban J connectivity index is 1.01. The van der Waals surface area contributed by atoms with Crippen molar-refractivity contribution in [1.29, 1.82) is 5.26 Å². The van der Waals surface area contributed by atoms with Crippen molar-refractivity contribution in [1.82, 2.24) is 19.8 Å². The highest BCUT2D eigenvalue weighted by atomic mass is 16.2. The lowest BCUT2D eigenvalue weighted by atomic mass is 9.80. The lowest BCUT2D eigenvalue weighted by Crippen LogP contribution is -2.62. The van der Waals surface area contributed by atoms with Crippen LogP contribution in [0.25, 0.3) is 22.5 Å². The molecular weight excluding hydrogens is 622 g/mol. The highest BCUT2D eigenvalue weighted by Gasteiger charge is 2.45. The molecule has 50 heavy (non-hydrogen) atoms. The Morgan fingerprint density at radius 3 is 2.00 bits per heavy atom. The summed E-state index contributed by atoms with van der Waals surface area (Å²) in [4.78, 5) is 40.1. The lowest BCUT2D eigenvalue weighted by molar-refractivity contribution is 0.0170. The van der Waals surface area contributed by atoms with E-state index in [9.17, 15) is 14.9 Å². The molecule has 0 radical (unpaired) electrons. The third-order valence-electron chi connectivity index (χ3n) is 11.6. The Morgan fingerprint density at radius 2 is 1.38 bits per heavy atom. The van der Waals surface area contributed by atoms with Gasteiger partial charge in [-0.05, 0) is 142 Å². The fourth-order valence-corrected chi connectivity index (χ4v) is 8.94. The van der Waals surface area contributed by atoms with Crippen molar-refractivity contribution in [3.8, 4) is 28.6 Å². The van der Waals surface area contributed by atoms with E-state index in [0.29, 0.717) is 53.5 Å². The average molecular weight is 664 g/mol. The second-order valence-electron chi connectivity index (χ2n) is 14.8. The number of nitriles is 1. The lowest BCUT2D eigenvalue weighted by Gasteiger charge is -2.52. The number of fused-ring (bicyclic) bond motifs is 4. The molecule has 0 spiro atoms. The van der Waals surface area contributed by atoms with Gasteiger partial charge >= 0.3 is 12.1 Å². The number of carbonyl (C=O) groups is 2. The predicted octanol–water partition coefficient (Wildman–Crippen LogP) is 8.47. The summed E-state index contributed by atoms with van der Waals surface area (Å²) in [6.07, 6.45) is 15.4. The molecule has 4 unspecified atom stereocenters. The molecule has 252 valence electrons. The van der Waals surface area contributed by atoms with Crippen LogP contribution in [-0.2, 0) is 6.42 Å². The number of hydrogen-bond acceptors (Lipinski definition) is 5. The molecule has 9 heteroatoms. The quantitative estimate of drug-likeness (QED) is 0.206. The third kappa shape index (κ3) is 5.67. The molecule has 9 rings (SSSR count). The molecule has 2 N–H and O–H groups in total. The minimum Gasteiger partial charge on any atom is -0.318 e. The minimum atomic E-state index is -0.0532. The molecule has 1 aliphatic carbocycles. The smallest absolute Gasteiger partial charge is 0.318 e. The molecule has 9 nitrogen and oxygen atoms in total. The SMILES string of the molecule is N#Cc1cccnc1-c1cc(NC(=O)N2C3CCCC2C3)ccc1Cc1ccnc(-c2cc(NC(=O)N3C4CCCC3C4)ccc2C2CC2)c1. The van der Waals surface area contributed by atoms with Crippen LogP contribution >= 0.6 is 0 Å². The van der Waals surface area contributed by atoms with Crippen LogP contribution < -0.4 is 10.6 Å². The van der Waals surface area contributed by atoms with Crippen molar-refractivity contribution in [3.05, 3.63) is 95.3 Å². The van der Waals surface area contributed by atoms with Gasteiger partial charge in [0, 0.05) is 59.1 Å². The van der Waals surface area contributed by atoms with Crippen LogP contribution in [0.5, 0.6) is 0 Å². The van der Waals surface area contributed by atoms with E-state index in [0.717, 1.165) is 85.0 Å². The van der Waals surface area contributed by atoms with Gasteiger partial charge in [0.1, 0.15) is 6.07 Å². The predicted molar refractivity (Wildman–Crippen MR) is 193 cm³/mol. The van der Waals surface area contributed by atoms with E-state index >= 15 is 0 Å². The molecule has 5 fully saturated rings. The summed E-state index contributed by atoms with van der Waals surface area (Å²) in [5.74, 6) is 0.508. The van der Waals surface area contributed by atoms with E-state index < -0.39 is 0 Å². The first-order valence-electron chi connectivity index (χ1n) is 18.3. The molecule has 6 heterocycles. The van der Waals surface area contributed by atoms with Gasteiger partial charge in [0.15, 0.2) is 0 Å². The number of nitrogens with zero attached hydrogens (tertiary/aromatic N) is 5. The van der Waals surface area contributed by atoms with Gasteiger partial charge in [0.05, 0.1) is 17.0 Å². The van der Waals surface area contributed by atoms with Gasteiger partial charge in [-0.1, -0.05) is 12.1 Å². The van der Waals surface area contributed by atoms with Crippen LogP contribution in [0.15, 0.2) is 73.1 Å². The number of benzene rings is 2. The summed E-state index contributed by atoms with van der Waals surface area (Å²) in [6.45, 7) is 0. The average Bonchev–Trinajstić information content (AvgIpc) is 3.99. The van der Waals surface area contributed by atoms with Crippen molar-refractivity contribution in [3.63, 3.8) is 0 Å². The number of urea groups is 2. The summed E-state index contributed by atoms with van der Waals surface area (Å²) in [6, 6.07) is 23.6. The van der Waals surface area contributed by atoms with Crippen LogP contribution in [-0.4, -0.2) is 56.0 Å². The molecular formula is C41H41N7O2. The van der Waals surface area contributed by atoms with Crippen molar-refractivity contribution in [2.45, 2.75) is 101 Å². The highest BCUT2D eigenvalue weighted by molar-refractivity contribution is 5.92. The summed E-state index contributed by atoms with van der Waals surface area (Å²) >= 11 is 0. The van der Waals surface area contributed by atoms with Gasteiger partial charge in [0.2, 0.25) is 0 Å². The summed E-state index contributed by atoms with van der Waals surface area (Å²) in [5, 5.41) is 16.3. The van der Waals surface area contributed by atoms with Crippen molar-refractivity contribution in [2.75, 3.05) is 10.6 Å². The van der Waals surface area contributed by atoms with E-state index in [1.807, 2.05) is 46.3 Å². The largest absolute Gasteiger partial charge is 0.322 e. The van der Waals surface area contributed by atoms with E-state index in [1.54, 1.807) is 18.3 Å². The number of hydrogen-bond donors (Lipinski definition) is 2. The first-order chi connectivity index (χ1) is 24.5. The monoisotopic (exact) mass is 663 g/mol. The highest BCUT2D eigenvalue weighted by Crippen LogP contribution is 2.45. The topological polar surface area (TPSA) is 114 Å². The molecule has 4 bridgehead atoms. The number of nitrogens with one attached hydrogen (secondary N) is 2. The number of rotatable bonds is 7. The molecule has 2 aromatic carbocycles. The van der Waals surface area contributed by atoms with E-state index in [4.69, 9.17) is 4.98 Å². The van der Waals surface area contributed by atoms with Crippen molar-refractivity contribution in [2.24, 2.45) is 0 Å². The van der Waals surface area contributed by atoms with E-state index in [-0.39, 0.29) is 12.1 Å². The Bertz CT molecular complexity index is 2010. The maximum atomic E-state index is 13.3. The van der Waals surface area contributed by atoms with Gasteiger partial charge < -0.3 is 20.4 Å². The van der Waals surface area contributed by atoms with Crippen LogP contribution in [0, 0.1) is 11.3 Å². The Morgan fingerprint density at radius 1 is 0.740 bits per heavy atom. The molecule has 4 amide bonds. The summed E-state index contributed by atoms with van der Waals surface area (Å²) in [5.41, 5.74) is 8.67. The second kappa shape index (κ2) is 12.6. The first kappa shape index (κ1) is 30.8. The molecule has 5 aliphatic rings. The second-order valence-corrected chi connectivity index (χ2v) is 14.8. The summed E-state index contributed by atoms with van der Waals surface area (Å²) < 4.78 is 0. The molecule has 2 aromatic heterocycles. The molecule has 4 atom stereocenters. The standard InChI is InChI=1S/C41H41N7O2/c42-24-28-4-3-16-44-39(28)36-20-29(45-40(49)47-31-5-1-6-32(47)22-31)12-11-27(36)18-25-15-17-43-38(19-25)37-21-30(13-14-35(37)26-9-10-26)46-41(50)48-33-7-2-8-34(48)23-33/h3-4,11-17,19-21,26,31-34H,1-2,5-10,18,22-23H2,(H,45,49)(H,46,50). The molecule has 4 saturated heterocycles. The zero-order chi connectivity index (χ0) is 33.8. The van der Waals surface area contributed by atoms with Gasteiger partial charge in [-0.2, -0.15) is 5.26 Å². The molecule has 1 saturated carbocycles. The number of aromatic nitrogens is 2. The maximum absolute atomic E-state index is 13.3. The first-order valence-corrected chi connectivity index (χ1v) is 18.3. The van der Waals surface area contributed by atoms with Gasteiger partial charge in [-0.15, -0.1) is 0 Å². The van der Waals surface area contributed by atoms with Gasteiger partial charge in [-0.3, -0.25) is 9.97 Å². The number of anilines is 2. The normalized spacial score (nSPS) is 23.3. The van der Waals surface area contributed by atoms with Gasteiger partial charge in [0.25, 0.3) is 0 Å². The molecule has 4 aliphatic heterocycles. The van der Waals surface area contributed by atoms with Gasteiger partial charge in [-0.25, -0.2) is 9.59 Å². The number of carbonyl (C=O) groups excluding carboxylic acids is 2. The van der Waals surface area contributed by atoms with E-state index in [2.05, 4.69) is 39.9 Å². The summed E-state index contributed by atoms with van der Waals surface area (Å²) in [7, 11) is 0. The zero-order valence-corrected chi connectivity index (χ0v) is 28.1. The minimum absolute atomic E-state index is 0.00365. The number of pyridine rings is 2. The fraction of sp³-hybridized carbons (Fsp3) is 0.390. The van der Waals surface area contributed by atoms with Crippen LogP contribution in [0.2, 0.25) is 0 Å². The van der Waals surface area contributed by atoms with Crippen LogP contribution in [0.1, 0.15) is 92.4 Å². The fourth-order valence-electron chi connectivity index (χ4n) is 8.94. The number of amides is 4. The number of piperidine rings is 2. The van der Waals surface area contributed by atoms with Crippen molar-refractivity contribution >= 4 is 23.4 Å². The van der Waals surface area contributed by atoms with Crippen LogP contribution in [0.3, 0.4) is 0 Å². The van der Waals surface area contributed by atoms with Crippen molar-refractivity contribution < 1.29 is 9.59 Å². The molecule has 4 aromatic rings. The third-order valence-corrected chi connectivity index (χ3v) is 11.6. The van der Waals surface area contributed by atoms with E-state index in [1.165, 1.54) is 18.4 Å². The Kier molecular flexibility index (Phi) is 7.75. The zero-order valence-electron chi connectivity index (χ0n) is 28.1. The Labute approximate surface area is 292 Å².